The molecular weight excluding hydrogens is 256 g/mol. The van der Waals surface area contributed by atoms with Crippen molar-refractivity contribution in [1.82, 2.24) is 10.5 Å². The summed E-state index contributed by atoms with van der Waals surface area (Å²) in [6, 6.07) is 4.73. The highest BCUT2D eigenvalue weighted by molar-refractivity contribution is 7.10. The molecule has 0 aromatic carbocycles. The van der Waals surface area contributed by atoms with E-state index in [0.717, 1.165) is 10.9 Å². The molecule has 7 heteroatoms. The minimum Gasteiger partial charge on any atom is -0.475 e. The Kier molecular flexibility index (Phi) is 3.42. The van der Waals surface area contributed by atoms with Crippen LogP contribution in [-0.2, 0) is 0 Å². The van der Waals surface area contributed by atoms with Crippen molar-refractivity contribution < 1.29 is 19.2 Å². The monoisotopic (exact) mass is 266 g/mol. The van der Waals surface area contributed by atoms with Crippen LogP contribution in [0.5, 0.6) is 0 Å². The standard InChI is InChI=1S/C11H10N2O4S/c1-6(9-3-2-4-18-9)12-10(14)7-5-8(11(15)16)17-13-7/h2-6H,1H3,(H,12,14)(H,15,16). The van der Waals surface area contributed by atoms with Crippen LogP contribution >= 0.6 is 11.3 Å². The maximum absolute atomic E-state index is 11.8. The number of aromatic nitrogens is 1. The van der Waals surface area contributed by atoms with Gasteiger partial charge in [0.25, 0.3) is 5.91 Å². The highest BCUT2D eigenvalue weighted by Gasteiger charge is 2.18. The first-order chi connectivity index (χ1) is 8.58. The Hall–Kier alpha value is -2.15. The quantitative estimate of drug-likeness (QED) is 0.882. The maximum atomic E-state index is 11.8. The van der Waals surface area contributed by atoms with E-state index >= 15 is 0 Å². The van der Waals surface area contributed by atoms with Gasteiger partial charge >= 0.3 is 5.97 Å². The second-order valence-corrected chi connectivity index (χ2v) is 4.57. The van der Waals surface area contributed by atoms with Crippen molar-refractivity contribution in [3.05, 3.63) is 39.9 Å². The number of nitrogens with one attached hydrogen (secondary N) is 1. The summed E-state index contributed by atoms with van der Waals surface area (Å²) in [4.78, 5) is 23.4. The first-order valence-electron chi connectivity index (χ1n) is 5.12. The number of carbonyl (C=O) groups is 2. The Morgan fingerprint density at radius 2 is 2.33 bits per heavy atom. The second kappa shape index (κ2) is 5.01. The van der Waals surface area contributed by atoms with E-state index in [1.165, 1.54) is 11.3 Å². The molecule has 0 saturated heterocycles. The van der Waals surface area contributed by atoms with Crippen LogP contribution in [0, 0.1) is 0 Å². The molecule has 0 aliphatic heterocycles. The summed E-state index contributed by atoms with van der Waals surface area (Å²) in [5.74, 6) is -2.08. The van der Waals surface area contributed by atoms with Crippen molar-refractivity contribution >= 4 is 23.2 Å². The van der Waals surface area contributed by atoms with Crippen molar-refractivity contribution in [2.75, 3.05) is 0 Å². The average Bonchev–Trinajstić information content (AvgIpc) is 3.00. The third-order valence-electron chi connectivity index (χ3n) is 2.27. The van der Waals surface area contributed by atoms with E-state index in [2.05, 4.69) is 15.0 Å². The lowest BCUT2D eigenvalue weighted by atomic mass is 10.2. The van der Waals surface area contributed by atoms with Gasteiger partial charge in [0, 0.05) is 10.9 Å². The lowest BCUT2D eigenvalue weighted by molar-refractivity contribution is 0.0651. The predicted octanol–water partition coefficient (Wildman–Crippen LogP) is 1.93. The molecule has 18 heavy (non-hydrogen) atoms. The van der Waals surface area contributed by atoms with Crippen LogP contribution in [0.4, 0.5) is 0 Å². The van der Waals surface area contributed by atoms with Crippen molar-refractivity contribution in [3.63, 3.8) is 0 Å². The summed E-state index contributed by atoms with van der Waals surface area (Å²) >= 11 is 1.53. The first kappa shape index (κ1) is 12.3. The molecule has 0 spiro atoms. The van der Waals surface area contributed by atoms with E-state index in [9.17, 15) is 9.59 Å². The van der Waals surface area contributed by atoms with Crippen LogP contribution in [0.3, 0.4) is 0 Å². The Morgan fingerprint density at radius 3 is 2.89 bits per heavy atom. The molecule has 1 unspecified atom stereocenters. The Bertz CT molecular complexity index is 561. The van der Waals surface area contributed by atoms with Crippen LogP contribution in [0.2, 0.25) is 0 Å². The van der Waals surface area contributed by atoms with Crippen LogP contribution in [0.15, 0.2) is 28.1 Å². The highest BCUT2D eigenvalue weighted by atomic mass is 32.1. The molecule has 0 aliphatic carbocycles. The number of nitrogens with zero attached hydrogens (tertiary/aromatic N) is 1. The van der Waals surface area contributed by atoms with E-state index in [4.69, 9.17) is 5.11 Å². The largest absolute Gasteiger partial charge is 0.475 e. The highest BCUT2D eigenvalue weighted by Crippen LogP contribution is 2.18. The van der Waals surface area contributed by atoms with Gasteiger partial charge in [0.1, 0.15) is 0 Å². The maximum Gasteiger partial charge on any atom is 0.374 e. The van der Waals surface area contributed by atoms with Crippen LogP contribution in [0.25, 0.3) is 0 Å². The third-order valence-corrected chi connectivity index (χ3v) is 3.33. The molecule has 2 heterocycles. The number of hydrogen-bond acceptors (Lipinski definition) is 5. The van der Waals surface area contributed by atoms with Gasteiger partial charge in [0.2, 0.25) is 5.76 Å². The van der Waals surface area contributed by atoms with Gasteiger partial charge in [-0.3, -0.25) is 4.79 Å². The molecular formula is C11H10N2O4S. The fraction of sp³-hybridized carbons (Fsp3) is 0.182. The molecule has 2 aromatic heterocycles. The molecule has 2 N–H and O–H groups in total. The molecule has 0 fully saturated rings. The normalized spacial score (nSPS) is 12.1. The average molecular weight is 266 g/mol. The lowest BCUT2D eigenvalue weighted by Gasteiger charge is -2.10. The number of aromatic carboxylic acids is 1. The first-order valence-corrected chi connectivity index (χ1v) is 6.00. The molecule has 0 radical (unpaired) electrons. The summed E-state index contributed by atoms with van der Waals surface area (Å²) in [6.07, 6.45) is 0. The van der Waals surface area contributed by atoms with Crippen molar-refractivity contribution in [1.29, 1.82) is 0 Å². The van der Waals surface area contributed by atoms with Crippen LogP contribution in [0.1, 0.15) is 38.9 Å². The third kappa shape index (κ3) is 2.57. The Labute approximate surface area is 106 Å². The fourth-order valence-corrected chi connectivity index (χ4v) is 2.10. The summed E-state index contributed by atoms with van der Waals surface area (Å²) in [5.41, 5.74) is -0.0455. The lowest BCUT2D eigenvalue weighted by Crippen LogP contribution is -2.26. The zero-order chi connectivity index (χ0) is 13.1. The van der Waals surface area contributed by atoms with Crippen molar-refractivity contribution in [2.24, 2.45) is 0 Å². The number of rotatable bonds is 4. The van der Waals surface area contributed by atoms with Gasteiger partial charge in [0.05, 0.1) is 6.04 Å². The number of carboxylic acid groups (broad SMARTS) is 1. The molecule has 2 aromatic rings. The van der Waals surface area contributed by atoms with E-state index in [1.54, 1.807) is 0 Å². The molecule has 0 aliphatic rings. The fourth-order valence-electron chi connectivity index (χ4n) is 1.36. The molecule has 0 saturated carbocycles. The molecule has 0 bridgehead atoms. The summed E-state index contributed by atoms with van der Waals surface area (Å²) in [6.45, 7) is 1.84. The van der Waals surface area contributed by atoms with E-state index in [1.807, 2.05) is 24.4 Å². The van der Waals surface area contributed by atoms with Gasteiger partial charge in [-0.05, 0) is 18.4 Å². The SMILES string of the molecule is CC(NC(=O)c1cc(C(=O)O)on1)c1cccs1. The number of thiophene rings is 1. The Balaban J connectivity index is 2.05. The number of amides is 1. The summed E-state index contributed by atoms with van der Waals surface area (Å²) < 4.78 is 4.51. The molecule has 6 nitrogen and oxygen atoms in total. The zero-order valence-corrected chi connectivity index (χ0v) is 10.2. The van der Waals surface area contributed by atoms with Gasteiger partial charge in [-0.25, -0.2) is 4.79 Å². The Morgan fingerprint density at radius 1 is 1.56 bits per heavy atom. The second-order valence-electron chi connectivity index (χ2n) is 3.59. The molecule has 1 amide bonds. The van der Waals surface area contributed by atoms with Gasteiger partial charge in [-0.1, -0.05) is 11.2 Å². The van der Waals surface area contributed by atoms with Crippen LogP contribution in [-0.4, -0.2) is 22.1 Å². The summed E-state index contributed by atoms with van der Waals surface area (Å²) in [5, 5.41) is 16.7. The van der Waals surface area contributed by atoms with Gasteiger partial charge in [-0.15, -0.1) is 11.3 Å². The smallest absolute Gasteiger partial charge is 0.374 e. The number of hydrogen-bond donors (Lipinski definition) is 2. The van der Waals surface area contributed by atoms with Crippen molar-refractivity contribution in [3.8, 4) is 0 Å². The summed E-state index contributed by atoms with van der Waals surface area (Å²) in [7, 11) is 0. The predicted molar refractivity (Wildman–Crippen MR) is 63.7 cm³/mol. The number of carbonyl (C=O) groups excluding carboxylic acids is 1. The molecule has 94 valence electrons. The minimum absolute atomic E-state index is 0.0455. The van der Waals surface area contributed by atoms with Crippen LogP contribution < -0.4 is 5.32 Å². The molecule has 2 rings (SSSR count). The van der Waals surface area contributed by atoms with Gasteiger partial charge in [0.15, 0.2) is 5.69 Å². The minimum atomic E-state index is -1.26. The molecule has 1 atom stereocenters. The van der Waals surface area contributed by atoms with E-state index < -0.39 is 11.9 Å². The van der Waals surface area contributed by atoms with Gasteiger partial charge in [-0.2, -0.15) is 0 Å². The van der Waals surface area contributed by atoms with Gasteiger partial charge < -0.3 is 14.9 Å². The van der Waals surface area contributed by atoms with Crippen molar-refractivity contribution in [2.45, 2.75) is 13.0 Å². The van der Waals surface area contributed by atoms with E-state index in [0.29, 0.717) is 0 Å². The zero-order valence-electron chi connectivity index (χ0n) is 9.41. The number of carboxylic acids is 1. The van der Waals surface area contributed by atoms with E-state index in [-0.39, 0.29) is 17.5 Å². The topological polar surface area (TPSA) is 92.4 Å².